The van der Waals surface area contributed by atoms with Gasteiger partial charge in [-0.2, -0.15) is 0 Å². The van der Waals surface area contributed by atoms with Crippen molar-refractivity contribution in [1.29, 1.82) is 0 Å². The monoisotopic (exact) mass is 540 g/mol. The predicted octanol–water partition coefficient (Wildman–Crippen LogP) is -4.34. The van der Waals surface area contributed by atoms with Crippen LogP contribution < -0.4 is 34.4 Å². The second kappa shape index (κ2) is 20.0. The van der Waals surface area contributed by atoms with Crippen molar-refractivity contribution in [1.82, 2.24) is 0 Å². The standard InChI is InChI=1S/2C6H14N4O2.C6H8O7/c2*7-4(5(11)12)2-1-3-10-6(8)9;7-3(8)1-6(13,5(11)12)2-4(9)10/h2*4H,1-3,7H2,(H,11,12)(H4,8,9,10);13H,1-2H2,(H,7,8)(H,9,10)(H,11,12)/t2*4-;/m00./s1. The summed E-state index contributed by atoms with van der Waals surface area (Å²) in [6.45, 7) is 0.840. The Labute approximate surface area is 210 Å². The van der Waals surface area contributed by atoms with Crippen LogP contribution in [-0.2, 0) is 24.0 Å². The van der Waals surface area contributed by atoms with Crippen LogP contribution in [-0.4, -0.2) is 103 Å². The van der Waals surface area contributed by atoms with Crippen LogP contribution in [0.25, 0.3) is 0 Å². The Bertz CT molecular complexity index is 755. The summed E-state index contributed by atoms with van der Waals surface area (Å²) in [7, 11) is 0. The summed E-state index contributed by atoms with van der Waals surface area (Å²) >= 11 is 0. The average Bonchev–Trinajstić information content (AvgIpc) is 2.73. The third-order valence-electron chi connectivity index (χ3n) is 3.86. The SMILES string of the molecule is NC(N)=NCCC[C@H](N)C(=O)O.NC(N)=NCCC[C@H](N)C(=O)O.O=C(O)CC(O)(CC(=O)O)C(=O)O. The molecule has 0 aromatic carbocycles. The predicted molar refractivity (Wildman–Crippen MR) is 128 cm³/mol. The summed E-state index contributed by atoms with van der Waals surface area (Å²) < 4.78 is 0. The highest BCUT2D eigenvalue weighted by Gasteiger charge is 2.40. The van der Waals surface area contributed by atoms with E-state index in [0.29, 0.717) is 38.8 Å². The zero-order valence-corrected chi connectivity index (χ0v) is 19.9. The number of nitrogens with zero attached hydrogens (tertiary/aromatic N) is 2. The summed E-state index contributed by atoms with van der Waals surface area (Å²) in [6, 6.07) is -1.64. The Morgan fingerprint density at radius 2 is 0.946 bits per heavy atom. The molecule has 0 amide bonds. The molecule has 0 spiro atoms. The van der Waals surface area contributed by atoms with Gasteiger partial charge in [0, 0.05) is 13.1 Å². The van der Waals surface area contributed by atoms with Crippen molar-refractivity contribution in [3.8, 4) is 0 Å². The topological polar surface area (TPSA) is 388 Å². The number of aliphatic hydroxyl groups is 1. The van der Waals surface area contributed by atoms with E-state index in [1.165, 1.54) is 0 Å². The first-order valence-corrected chi connectivity index (χ1v) is 10.3. The molecule has 0 aliphatic carbocycles. The first kappa shape index (κ1) is 37.3. The molecule has 19 nitrogen and oxygen atoms in total. The van der Waals surface area contributed by atoms with Crippen molar-refractivity contribution >= 4 is 41.8 Å². The fraction of sp³-hybridized carbons (Fsp3) is 0.611. The van der Waals surface area contributed by atoms with Gasteiger partial charge in [-0.25, -0.2) is 4.79 Å². The van der Waals surface area contributed by atoms with E-state index in [-0.39, 0.29) is 11.9 Å². The van der Waals surface area contributed by atoms with Crippen LogP contribution in [0.5, 0.6) is 0 Å². The van der Waals surface area contributed by atoms with Crippen LogP contribution in [0.2, 0.25) is 0 Å². The van der Waals surface area contributed by atoms with Crippen LogP contribution in [0.4, 0.5) is 0 Å². The molecule has 0 heterocycles. The van der Waals surface area contributed by atoms with Gasteiger partial charge in [0.1, 0.15) is 12.1 Å². The molecule has 0 aromatic heterocycles. The lowest BCUT2D eigenvalue weighted by Gasteiger charge is -2.18. The molecule has 18 N–H and O–H groups in total. The van der Waals surface area contributed by atoms with E-state index in [9.17, 15) is 24.0 Å². The van der Waals surface area contributed by atoms with Gasteiger partial charge in [-0.05, 0) is 25.7 Å². The molecule has 0 unspecified atom stereocenters. The minimum absolute atomic E-state index is 0.0129. The van der Waals surface area contributed by atoms with Gasteiger partial charge in [-0.3, -0.25) is 29.2 Å². The quantitative estimate of drug-likeness (QED) is 0.0530. The van der Waals surface area contributed by atoms with Gasteiger partial charge in [0.05, 0.1) is 12.8 Å². The van der Waals surface area contributed by atoms with Gasteiger partial charge in [-0.15, -0.1) is 0 Å². The maximum atomic E-state index is 10.3. The number of carboxylic acid groups (broad SMARTS) is 5. The molecule has 37 heavy (non-hydrogen) atoms. The van der Waals surface area contributed by atoms with Crippen molar-refractivity contribution in [2.45, 2.75) is 56.2 Å². The van der Waals surface area contributed by atoms with Crippen LogP contribution in [0.1, 0.15) is 38.5 Å². The highest BCUT2D eigenvalue weighted by atomic mass is 16.4. The third-order valence-corrected chi connectivity index (χ3v) is 3.86. The van der Waals surface area contributed by atoms with Gasteiger partial charge >= 0.3 is 29.8 Å². The van der Waals surface area contributed by atoms with E-state index >= 15 is 0 Å². The van der Waals surface area contributed by atoms with Gasteiger partial charge < -0.3 is 65.0 Å². The molecule has 0 aliphatic heterocycles. The lowest BCUT2D eigenvalue weighted by molar-refractivity contribution is -0.170. The molecule has 0 aliphatic rings. The van der Waals surface area contributed by atoms with E-state index in [2.05, 4.69) is 9.98 Å². The average molecular weight is 541 g/mol. The smallest absolute Gasteiger partial charge is 0.336 e. The summed E-state index contributed by atoms with van der Waals surface area (Å²) in [4.78, 5) is 58.3. The van der Waals surface area contributed by atoms with E-state index in [4.69, 9.17) is 65.0 Å². The largest absolute Gasteiger partial charge is 0.481 e. The Kier molecular flexibility index (Phi) is 20.2. The van der Waals surface area contributed by atoms with Crippen LogP contribution >= 0.6 is 0 Å². The van der Waals surface area contributed by atoms with Gasteiger partial charge in [0.2, 0.25) is 0 Å². The number of rotatable bonds is 15. The van der Waals surface area contributed by atoms with Gasteiger partial charge in [0.25, 0.3) is 0 Å². The van der Waals surface area contributed by atoms with Crippen molar-refractivity contribution in [2.75, 3.05) is 13.1 Å². The fourth-order valence-corrected chi connectivity index (χ4v) is 2.00. The maximum Gasteiger partial charge on any atom is 0.336 e. The van der Waals surface area contributed by atoms with Crippen LogP contribution in [0.3, 0.4) is 0 Å². The minimum Gasteiger partial charge on any atom is -0.481 e. The van der Waals surface area contributed by atoms with E-state index < -0.39 is 60.4 Å². The molecule has 0 bridgehead atoms. The second-order valence-corrected chi connectivity index (χ2v) is 7.26. The molecule has 0 rings (SSSR count). The number of hydrogen-bond acceptors (Lipinski definition) is 10. The van der Waals surface area contributed by atoms with Crippen LogP contribution in [0.15, 0.2) is 9.98 Å². The van der Waals surface area contributed by atoms with Gasteiger partial charge in [0.15, 0.2) is 17.5 Å². The summed E-state index contributed by atoms with van der Waals surface area (Å²) in [5.41, 5.74) is 27.9. The van der Waals surface area contributed by atoms with Gasteiger partial charge in [-0.1, -0.05) is 0 Å². The summed E-state index contributed by atoms with van der Waals surface area (Å²) in [5, 5.41) is 50.6. The fourth-order valence-electron chi connectivity index (χ4n) is 2.00. The molecular formula is C18H36N8O11. The molecule has 0 radical (unpaired) electrons. The molecule has 2 atom stereocenters. The van der Waals surface area contributed by atoms with E-state index in [1.54, 1.807) is 0 Å². The van der Waals surface area contributed by atoms with Crippen molar-refractivity contribution in [3.05, 3.63) is 0 Å². The molecule has 0 aromatic rings. The third kappa shape index (κ3) is 24.7. The molecule has 0 saturated carbocycles. The first-order chi connectivity index (χ1) is 16.8. The zero-order chi connectivity index (χ0) is 29.8. The number of hydrogen-bond donors (Lipinski definition) is 12. The normalized spacial score (nSPS) is 11.6. The lowest BCUT2D eigenvalue weighted by Crippen LogP contribution is -2.42. The Balaban J connectivity index is -0.000000469. The Hall–Kier alpha value is -4.23. The van der Waals surface area contributed by atoms with E-state index in [1.807, 2.05) is 0 Å². The van der Waals surface area contributed by atoms with Crippen LogP contribution in [0, 0.1) is 0 Å². The Morgan fingerprint density at radius 3 is 1.14 bits per heavy atom. The molecule has 0 saturated heterocycles. The lowest BCUT2D eigenvalue weighted by atomic mass is 9.96. The summed E-state index contributed by atoms with van der Waals surface area (Å²) in [6.07, 6.45) is -0.377. The molecular weight excluding hydrogens is 504 g/mol. The number of aliphatic carboxylic acids is 5. The minimum atomic E-state index is -2.74. The highest BCUT2D eigenvalue weighted by molar-refractivity contribution is 5.88. The Morgan fingerprint density at radius 1 is 0.649 bits per heavy atom. The number of guanidine groups is 2. The van der Waals surface area contributed by atoms with Crippen molar-refractivity contribution in [2.24, 2.45) is 44.4 Å². The van der Waals surface area contributed by atoms with Crippen molar-refractivity contribution < 1.29 is 54.6 Å². The second-order valence-electron chi connectivity index (χ2n) is 7.26. The molecule has 0 fully saturated rings. The zero-order valence-electron chi connectivity index (χ0n) is 19.9. The maximum absolute atomic E-state index is 10.3. The first-order valence-electron chi connectivity index (χ1n) is 10.3. The molecule has 19 heteroatoms. The van der Waals surface area contributed by atoms with E-state index in [0.717, 1.165) is 0 Å². The molecule has 214 valence electrons. The highest BCUT2D eigenvalue weighted by Crippen LogP contribution is 2.15. The number of aliphatic imine (C=N–C) groups is 2. The number of carbonyl (C=O) groups is 5. The summed E-state index contributed by atoms with van der Waals surface area (Å²) in [5.74, 6) is -6.99. The number of nitrogens with two attached hydrogens (primary N) is 6. The number of carboxylic acids is 5. The van der Waals surface area contributed by atoms with Crippen molar-refractivity contribution in [3.63, 3.8) is 0 Å².